The fourth-order valence-corrected chi connectivity index (χ4v) is 4.33. The Hall–Kier alpha value is -1.92. The van der Waals surface area contributed by atoms with Crippen LogP contribution in [0.3, 0.4) is 0 Å². The van der Waals surface area contributed by atoms with E-state index in [2.05, 4.69) is 11.1 Å². The molecule has 3 unspecified atom stereocenters. The summed E-state index contributed by atoms with van der Waals surface area (Å²) < 4.78 is 5.35. The van der Waals surface area contributed by atoms with E-state index in [0.29, 0.717) is 0 Å². The molecule has 1 N–H and O–H groups in total. The Morgan fingerprint density at radius 1 is 1.45 bits per heavy atom. The molecule has 0 aliphatic carbocycles. The Kier molecular flexibility index (Phi) is 3.35. The second-order valence-electron chi connectivity index (χ2n) is 5.72. The molecule has 4 rings (SSSR count). The summed E-state index contributed by atoms with van der Waals surface area (Å²) in [6, 6.07) is 8.10. The summed E-state index contributed by atoms with van der Waals surface area (Å²) in [6.45, 7) is 1.03. The average molecular weight is 316 g/mol. The number of nitrogens with zero attached hydrogens (tertiary/aromatic N) is 2. The molecule has 0 radical (unpaired) electrons. The molecule has 1 aromatic carbocycles. The van der Waals surface area contributed by atoms with E-state index in [9.17, 15) is 4.79 Å². The van der Waals surface area contributed by atoms with E-state index in [1.165, 1.54) is 16.2 Å². The molecule has 2 aliphatic rings. The van der Waals surface area contributed by atoms with Crippen molar-refractivity contribution in [2.75, 3.05) is 18.6 Å². The summed E-state index contributed by atoms with van der Waals surface area (Å²) in [4.78, 5) is 20.5. The smallest absolute Gasteiger partial charge is 0.292 e. The highest BCUT2D eigenvalue weighted by atomic mass is 32.1. The number of methoxy groups -OCH3 is 1. The van der Waals surface area contributed by atoms with E-state index >= 15 is 0 Å². The van der Waals surface area contributed by atoms with Crippen LogP contribution < -0.4 is 14.5 Å². The van der Waals surface area contributed by atoms with Crippen molar-refractivity contribution in [3.8, 4) is 5.75 Å². The predicted molar refractivity (Wildman–Crippen MR) is 84.2 cm³/mol. The number of anilines is 1. The lowest BCUT2D eigenvalue weighted by atomic mass is 10.1. The standard InChI is InChI=1S/C16H17N3O2S/c1-21-12-5-2-4-11(10-12)14-18-8-3-6-13(18)15(20)19(14)16-17-7-9-22-16/h2,4-5,7,9-10,13-14H,3,6,8H2,1H3/p+1. The van der Waals surface area contributed by atoms with Crippen LogP contribution in [0.1, 0.15) is 24.6 Å². The number of aromatic nitrogens is 1. The number of hydrogen-bond acceptors (Lipinski definition) is 4. The van der Waals surface area contributed by atoms with E-state index < -0.39 is 0 Å². The fraction of sp³-hybridized carbons (Fsp3) is 0.375. The monoisotopic (exact) mass is 316 g/mol. The molecule has 6 heteroatoms. The molecule has 2 saturated heterocycles. The van der Waals surface area contributed by atoms with Gasteiger partial charge >= 0.3 is 0 Å². The van der Waals surface area contributed by atoms with Crippen LogP contribution >= 0.6 is 11.3 Å². The Balaban J connectivity index is 1.80. The van der Waals surface area contributed by atoms with Gasteiger partial charge in [0.15, 0.2) is 17.3 Å². The highest BCUT2D eigenvalue weighted by molar-refractivity contribution is 7.13. The Morgan fingerprint density at radius 3 is 3.14 bits per heavy atom. The summed E-state index contributed by atoms with van der Waals surface area (Å²) in [5.74, 6) is 1.03. The first-order valence-electron chi connectivity index (χ1n) is 7.51. The molecule has 5 nitrogen and oxygen atoms in total. The second kappa shape index (κ2) is 5.37. The molecule has 1 amide bonds. The minimum Gasteiger partial charge on any atom is -0.497 e. The van der Waals surface area contributed by atoms with Crippen molar-refractivity contribution in [2.24, 2.45) is 0 Å². The molecule has 114 valence electrons. The third-order valence-corrected chi connectivity index (χ3v) is 5.36. The maximum atomic E-state index is 12.9. The first-order chi connectivity index (χ1) is 10.8. The second-order valence-corrected chi connectivity index (χ2v) is 6.59. The van der Waals surface area contributed by atoms with Crippen molar-refractivity contribution in [3.05, 3.63) is 41.4 Å². The van der Waals surface area contributed by atoms with Crippen molar-refractivity contribution in [1.82, 2.24) is 4.98 Å². The summed E-state index contributed by atoms with van der Waals surface area (Å²) in [5.41, 5.74) is 1.11. The molecule has 1 aromatic heterocycles. The van der Waals surface area contributed by atoms with Gasteiger partial charge in [0, 0.05) is 30.0 Å². The number of benzene rings is 1. The minimum atomic E-state index is 0.00116. The lowest BCUT2D eigenvalue weighted by Gasteiger charge is -2.24. The molecule has 3 atom stereocenters. The number of carbonyl (C=O) groups excluding carboxylic acids is 1. The van der Waals surface area contributed by atoms with Gasteiger partial charge in [-0.25, -0.2) is 9.88 Å². The quantitative estimate of drug-likeness (QED) is 0.927. The molecular formula is C16H18N3O2S+. The Bertz CT molecular complexity index is 688. The van der Waals surface area contributed by atoms with Gasteiger partial charge in [0.2, 0.25) is 0 Å². The zero-order valence-corrected chi connectivity index (χ0v) is 13.2. The van der Waals surface area contributed by atoms with Gasteiger partial charge in [-0.2, -0.15) is 0 Å². The van der Waals surface area contributed by atoms with E-state index in [1.807, 2.05) is 28.5 Å². The lowest BCUT2D eigenvalue weighted by molar-refractivity contribution is -0.924. The highest BCUT2D eigenvalue weighted by Gasteiger charge is 2.54. The summed E-state index contributed by atoms with van der Waals surface area (Å²) in [6.07, 6.45) is 3.84. The minimum absolute atomic E-state index is 0.00116. The number of hydrogen-bond donors (Lipinski definition) is 1. The van der Waals surface area contributed by atoms with Crippen molar-refractivity contribution in [1.29, 1.82) is 0 Å². The number of ether oxygens (including phenoxy) is 1. The van der Waals surface area contributed by atoms with Gasteiger partial charge in [-0.05, 0) is 12.1 Å². The number of thiazole rings is 1. The van der Waals surface area contributed by atoms with Crippen molar-refractivity contribution in [3.63, 3.8) is 0 Å². The largest absolute Gasteiger partial charge is 0.497 e. The Labute approximate surface area is 133 Å². The fourth-order valence-electron chi connectivity index (χ4n) is 3.65. The van der Waals surface area contributed by atoms with Crippen molar-refractivity contribution >= 4 is 22.4 Å². The van der Waals surface area contributed by atoms with Crippen molar-refractivity contribution < 1.29 is 14.4 Å². The van der Waals surface area contributed by atoms with Gasteiger partial charge < -0.3 is 9.64 Å². The molecular weight excluding hydrogens is 298 g/mol. The van der Waals surface area contributed by atoms with E-state index in [1.54, 1.807) is 13.3 Å². The zero-order chi connectivity index (χ0) is 15.1. The summed E-state index contributed by atoms with van der Waals surface area (Å²) >= 11 is 1.52. The van der Waals surface area contributed by atoms with Crippen LogP contribution in [0.2, 0.25) is 0 Å². The third-order valence-electron chi connectivity index (χ3n) is 4.59. The number of quaternary nitrogens is 1. The molecule has 0 spiro atoms. The lowest BCUT2D eigenvalue weighted by Crippen LogP contribution is -3.12. The van der Waals surface area contributed by atoms with Crippen LogP contribution in [0.5, 0.6) is 5.75 Å². The van der Waals surface area contributed by atoms with Gasteiger partial charge in [0.05, 0.1) is 13.7 Å². The molecule has 3 heterocycles. The van der Waals surface area contributed by atoms with Crippen molar-refractivity contribution in [2.45, 2.75) is 25.0 Å². The maximum Gasteiger partial charge on any atom is 0.292 e. The topological polar surface area (TPSA) is 46.9 Å². The van der Waals surface area contributed by atoms with Gasteiger partial charge in [-0.1, -0.05) is 12.1 Å². The normalized spacial score (nSPS) is 27.2. The molecule has 2 aromatic rings. The van der Waals surface area contributed by atoms with E-state index in [0.717, 1.165) is 35.8 Å². The SMILES string of the molecule is COc1cccc(C2N(c3nccs3)C(=O)C3CCC[NH+]32)c1. The zero-order valence-electron chi connectivity index (χ0n) is 12.4. The maximum absolute atomic E-state index is 12.9. The number of carbonyl (C=O) groups is 1. The summed E-state index contributed by atoms with van der Waals surface area (Å²) in [7, 11) is 1.67. The van der Waals surface area contributed by atoms with Gasteiger partial charge in [0.25, 0.3) is 5.91 Å². The van der Waals surface area contributed by atoms with Gasteiger partial charge in [-0.15, -0.1) is 11.3 Å². The van der Waals surface area contributed by atoms with E-state index in [4.69, 9.17) is 4.74 Å². The average Bonchev–Trinajstić information content (AvgIpc) is 3.25. The van der Waals surface area contributed by atoms with Crippen LogP contribution in [-0.2, 0) is 4.79 Å². The van der Waals surface area contributed by atoms with Crippen LogP contribution in [0, 0.1) is 0 Å². The van der Waals surface area contributed by atoms with Crippen LogP contribution in [0.4, 0.5) is 5.13 Å². The Morgan fingerprint density at radius 2 is 2.36 bits per heavy atom. The first-order valence-corrected chi connectivity index (χ1v) is 8.39. The number of rotatable bonds is 3. The molecule has 0 saturated carbocycles. The highest BCUT2D eigenvalue weighted by Crippen LogP contribution is 2.32. The first kappa shape index (κ1) is 13.7. The predicted octanol–water partition coefficient (Wildman–Crippen LogP) is 1.24. The number of amides is 1. The van der Waals surface area contributed by atoms with E-state index in [-0.39, 0.29) is 18.1 Å². The molecule has 2 aliphatic heterocycles. The van der Waals surface area contributed by atoms with Crippen LogP contribution in [0.25, 0.3) is 0 Å². The number of fused-ring (bicyclic) bond motifs is 1. The molecule has 22 heavy (non-hydrogen) atoms. The summed E-state index contributed by atoms with van der Waals surface area (Å²) in [5, 5.41) is 2.71. The molecule has 0 bridgehead atoms. The van der Waals surface area contributed by atoms with Crippen LogP contribution in [0.15, 0.2) is 35.8 Å². The van der Waals surface area contributed by atoms with Gasteiger partial charge in [0.1, 0.15) is 5.75 Å². The number of nitrogens with one attached hydrogen (secondary N) is 1. The third kappa shape index (κ3) is 2.02. The van der Waals surface area contributed by atoms with Crippen LogP contribution in [-0.4, -0.2) is 30.6 Å². The molecule has 2 fully saturated rings. The van der Waals surface area contributed by atoms with Gasteiger partial charge in [-0.3, -0.25) is 4.79 Å².